The molecule has 0 spiro atoms. The minimum Gasteiger partial charge on any atom is -0.195 e. The molecular weight excluding hydrogens is 308 g/mol. The van der Waals surface area contributed by atoms with Gasteiger partial charge in [-0.25, -0.2) is 0 Å². The lowest BCUT2D eigenvalue weighted by molar-refractivity contribution is 0.272. The largest absolute Gasteiger partial charge is 0.281 e. The number of nitrogens with zero attached hydrogens (tertiary/aromatic N) is 2. The van der Waals surface area contributed by atoms with Crippen LogP contribution < -0.4 is 0 Å². The fourth-order valence-corrected chi connectivity index (χ4v) is 4.24. The highest BCUT2D eigenvalue weighted by Gasteiger charge is 2.30. The molecule has 0 amide bonds. The van der Waals surface area contributed by atoms with E-state index in [9.17, 15) is 8.42 Å². The Bertz CT molecular complexity index is 528. The lowest BCUT2D eigenvalue weighted by Crippen LogP contribution is -2.46. The summed E-state index contributed by atoms with van der Waals surface area (Å²) in [5, 5.41) is 0. The average Bonchev–Trinajstić information content (AvgIpc) is 2.53. The minimum absolute atomic E-state index is 0.452. The third-order valence-electron chi connectivity index (χ3n) is 4.07. The van der Waals surface area contributed by atoms with Crippen molar-refractivity contribution in [3.63, 3.8) is 0 Å². The maximum absolute atomic E-state index is 12.5. The molecule has 0 N–H and O–H groups in total. The second-order valence-electron chi connectivity index (χ2n) is 5.56. The van der Waals surface area contributed by atoms with E-state index in [1.54, 1.807) is 11.4 Å². The number of likely N-dealkylation sites (N-methyl/N-ethyl adjacent to an activating group) is 1. The summed E-state index contributed by atoms with van der Waals surface area (Å²) >= 11 is 5.84. The van der Waals surface area contributed by atoms with Gasteiger partial charge in [0.25, 0.3) is 10.2 Å². The molecule has 0 atom stereocenters. The van der Waals surface area contributed by atoms with Crippen LogP contribution in [0.15, 0.2) is 30.3 Å². The molecule has 1 aromatic carbocycles. The summed E-state index contributed by atoms with van der Waals surface area (Å²) in [6.45, 7) is 1.66. The van der Waals surface area contributed by atoms with Crippen molar-refractivity contribution in [2.75, 3.05) is 32.6 Å². The van der Waals surface area contributed by atoms with Crippen molar-refractivity contribution in [3.05, 3.63) is 35.9 Å². The van der Waals surface area contributed by atoms with Crippen molar-refractivity contribution in [2.24, 2.45) is 5.92 Å². The second-order valence-corrected chi connectivity index (χ2v) is 7.91. The number of hydrogen-bond donors (Lipinski definition) is 0. The first-order valence-electron chi connectivity index (χ1n) is 7.35. The van der Waals surface area contributed by atoms with Crippen LogP contribution in [0.3, 0.4) is 0 Å². The Balaban J connectivity index is 1.90. The van der Waals surface area contributed by atoms with Crippen LogP contribution in [0, 0.1) is 5.92 Å². The fraction of sp³-hybridized carbons (Fsp3) is 0.600. The molecule has 0 radical (unpaired) electrons. The van der Waals surface area contributed by atoms with E-state index < -0.39 is 10.2 Å². The quantitative estimate of drug-likeness (QED) is 0.751. The zero-order chi connectivity index (χ0) is 15.3. The highest BCUT2D eigenvalue weighted by molar-refractivity contribution is 7.86. The third kappa shape index (κ3) is 4.42. The molecule has 2 rings (SSSR count). The molecule has 0 aliphatic carbocycles. The molecule has 0 bridgehead atoms. The van der Waals surface area contributed by atoms with Crippen molar-refractivity contribution < 1.29 is 8.42 Å². The maximum atomic E-state index is 12.5. The van der Waals surface area contributed by atoms with E-state index in [1.165, 1.54) is 4.31 Å². The molecule has 1 aliphatic rings. The number of piperidine rings is 1. The first kappa shape index (κ1) is 16.7. The van der Waals surface area contributed by atoms with E-state index >= 15 is 0 Å². The van der Waals surface area contributed by atoms with Gasteiger partial charge in [0.15, 0.2) is 0 Å². The zero-order valence-corrected chi connectivity index (χ0v) is 14.0. The standard InChI is InChI=1S/C15H23ClN2O2S/c1-17(10-7-14-5-3-2-4-6-14)21(19,20)18-11-8-15(13-16)9-12-18/h2-6,15H,7-13H2,1H3. The Hall–Kier alpha value is -0.620. The van der Waals surface area contributed by atoms with Crippen LogP contribution in [-0.2, 0) is 16.6 Å². The first-order valence-corrected chi connectivity index (χ1v) is 9.28. The average molecular weight is 331 g/mol. The SMILES string of the molecule is CN(CCc1ccccc1)S(=O)(=O)N1CCC(CCl)CC1. The number of hydrogen-bond acceptors (Lipinski definition) is 2. The first-order chi connectivity index (χ1) is 10.0. The van der Waals surface area contributed by atoms with Crippen LogP contribution in [-0.4, -0.2) is 49.6 Å². The molecule has 6 heteroatoms. The molecule has 118 valence electrons. The van der Waals surface area contributed by atoms with E-state index in [-0.39, 0.29) is 0 Å². The van der Waals surface area contributed by atoms with Gasteiger partial charge in [-0.15, -0.1) is 11.6 Å². The van der Waals surface area contributed by atoms with Crippen molar-refractivity contribution in [2.45, 2.75) is 19.3 Å². The van der Waals surface area contributed by atoms with Crippen LogP contribution in [0.2, 0.25) is 0 Å². The van der Waals surface area contributed by atoms with Gasteiger partial charge in [-0.3, -0.25) is 0 Å². The molecule has 1 aliphatic heterocycles. The van der Waals surface area contributed by atoms with Gasteiger partial charge in [0, 0.05) is 32.6 Å². The molecule has 0 saturated carbocycles. The molecule has 1 fully saturated rings. The Morgan fingerprint density at radius 2 is 1.86 bits per heavy atom. The van der Waals surface area contributed by atoms with Crippen molar-refractivity contribution in [1.82, 2.24) is 8.61 Å². The van der Waals surface area contributed by atoms with E-state index in [0.29, 0.717) is 31.4 Å². The van der Waals surface area contributed by atoms with Gasteiger partial charge in [-0.1, -0.05) is 30.3 Å². The highest BCUT2D eigenvalue weighted by Crippen LogP contribution is 2.21. The Morgan fingerprint density at radius 3 is 2.43 bits per heavy atom. The summed E-state index contributed by atoms with van der Waals surface area (Å²) in [7, 11) is -1.68. The molecular formula is C15H23ClN2O2S. The molecule has 4 nitrogen and oxygen atoms in total. The Morgan fingerprint density at radius 1 is 1.24 bits per heavy atom. The molecule has 0 unspecified atom stereocenters. The number of benzene rings is 1. The summed E-state index contributed by atoms with van der Waals surface area (Å²) in [5.41, 5.74) is 1.15. The third-order valence-corrected chi connectivity index (χ3v) is 6.49. The predicted molar refractivity (Wildman–Crippen MR) is 86.7 cm³/mol. The topological polar surface area (TPSA) is 40.6 Å². The maximum Gasteiger partial charge on any atom is 0.281 e. The van der Waals surface area contributed by atoms with Gasteiger partial charge < -0.3 is 0 Å². The molecule has 1 heterocycles. The highest BCUT2D eigenvalue weighted by atomic mass is 35.5. The molecule has 21 heavy (non-hydrogen) atoms. The zero-order valence-electron chi connectivity index (χ0n) is 12.4. The summed E-state index contributed by atoms with van der Waals surface area (Å²) < 4.78 is 28.1. The van der Waals surface area contributed by atoms with Gasteiger partial charge in [-0.05, 0) is 30.7 Å². The molecule has 0 aromatic heterocycles. The van der Waals surface area contributed by atoms with Crippen LogP contribution in [0.1, 0.15) is 18.4 Å². The van der Waals surface area contributed by atoms with Gasteiger partial charge in [0.2, 0.25) is 0 Å². The molecule has 1 saturated heterocycles. The predicted octanol–water partition coefficient (Wildman–Crippen LogP) is 2.36. The lowest BCUT2D eigenvalue weighted by atomic mass is 10.0. The van der Waals surface area contributed by atoms with Gasteiger partial charge in [0.1, 0.15) is 0 Å². The summed E-state index contributed by atoms with van der Waals surface area (Å²) in [4.78, 5) is 0. The van der Waals surface area contributed by atoms with Crippen molar-refractivity contribution in [3.8, 4) is 0 Å². The number of rotatable bonds is 6. The smallest absolute Gasteiger partial charge is 0.195 e. The minimum atomic E-state index is -3.34. The van der Waals surface area contributed by atoms with Gasteiger partial charge in [0.05, 0.1) is 0 Å². The van der Waals surface area contributed by atoms with E-state index in [2.05, 4.69) is 0 Å². The van der Waals surface area contributed by atoms with E-state index in [4.69, 9.17) is 11.6 Å². The summed E-state index contributed by atoms with van der Waals surface area (Å²) in [5.74, 6) is 1.07. The van der Waals surface area contributed by atoms with E-state index in [1.807, 2.05) is 30.3 Å². The van der Waals surface area contributed by atoms with Crippen LogP contribution in [0.25, 0.3) is 0 Å². The van der Waals surface area contributed by atoms with Crippen molar-refractivity contribution in [1.29, 1.82) is 0 Å². The fourth-order valence-electron chi connectivity index (χ4n) is 2.54. The Kier molecular flexibility index (Phi) is 6.05. The van der Waals surface area contributed by atoms with Crippen LogP contribution in [0.4, 0.5) is 0 Å². The summed E-state index contributed by atoms with van der Waals surface area (Å²) in [6, 6.07) is 9.95. The van der Waals surface area contributed by atoms with Crippen LogP contribution >= 0.6 is 11.6 Å². The van der Waals surface area contributed by atoms with Gasteiger partial charge >= 0.3 is 0 Å². The summed E-state index contributed by atoms with van der Waals surface area (Å²) in [6.07, 6.45) is 2.44. The normalized spacial score (nSPS) is 18.2. The van der Waals surface area contributed by atoms with Crippen molar-refractivity contribution >= 4 is 21.8 Å². The van der Waals surface area contributed by atoms with Gasteiger partial charge in [-0.2, -0.15) is 17.0 Å². The Labute approximate surface area is 132 Å². The lowest BCUT2D eigenvalue weighted by Gasteiger charge is -2.33. The number of halogens is 1. The monoisotopic (exact) mass is 330 g/mol. The second kappa shape index (κ2) is 7.58. The number of alkyl halides is 1. The van der Waals surface area contributed by atoms with Crippen LogP contribution in [0.5, 0.6) is 0 Å². The molecule has 1 aromatic rings. The van der Waals surface area contributed by atoms with E-state index in [0.717, 1.165) is 24.8 Å².